The number of fused-ring (bicyclic) bond motifs is 1. The molecular weight excluding hydrogens is 416 g/mol. The van der Waals surface area contributed by atoms with E-state index in [2.05, 4.69) is 48.0 Å². The molecule has 5 nitrogen and oxygen atoms in total. The number of rotatable bonds is 6. The molecule has 1 fully saturated rings. The van der Waals surface area contributed by atoms with Crippen molar-refractivity contribution in [1.82, 2.24) is 14.5 Å². The van der Waals surface area contributed by atoms with E-state index in [-0.39, 0.29) is 0 Å². The Bertz CT molecular complexity index is 1120. The standard InChI is InChI=1S/C22H19BrN4O/c23-19-13-27(16-9-10-16)22-20(19)21(25-14-26-22)24-12-15-5-4-8-18(11-15)28-17-6-2-1-3-7-17/h1-8,11,13-14,16H,9-10,12H2,(H,24,25,26). The monoisotopic (exact) mass is 434 g/mol. The third-order valence-electron chi connectivity index (χ3n) is 4.84. The lowest BCUT2D eigenvalue weighted by Gasteiger charge is -2.10. The molecule has 0 unspecified atom stereocenters. The van der Waals surface area contributed by atoms with Crippen molar-refractivity contribution in [2.45, 2.75) is 25.4 Å². The van der Waals surface area contributed by atoms with Gasteiger partial charge in [0.1, 0.15) is 29.3 Å². The molecule has 28 heavy (non-hydrogen) atoms. The number of para-hydroxylation sites is 1. The molecule has 140 valence electrons. The molecule has 4 aromatic rings. The highest BCUT2D eigenvalue weighted by Gasteiger charge is 2.27. The number of halogens is 1. The lowest BCUT2D eigenvalue weighted by Crippen LogP contribution is -2.03. The fourth-order valence-corrected chi connectivity index (χ4v) is 3.92. The molecule has 0 radical (unpaired) electrons. The minimum atomic E-state index is 0.573. The maximum absolute atomic E-state index is 5.93. The molecule has 1 aliphatic carbocycles. The topological polar surface area (TPSA) is 52.0 Å². The molecule has 0 aliphatic heterocycles. The summed E-state index contributed by atoms with van der Waals surface area (Å²) in [5, 5.41) is 4.49. The van der Waals surface area contributed by atoms with Crippen LogP contribution in [0.5, 0.6) is 11.5 Å². The van der Waals surface area contributed by atoms with Gasteiger partial charge in [-0.25, -0.2) is 9.97 Å². The Morgan fingerprint density at radius 3 is 2.68 bits per heavy atom. The molecule has 5 rings (SSSR count). The first-order chi connectivity index (χ1) is 13.8. The lowest BCUT2D eigenvalue weighted by atomic mass is 10.2. The number of hydrogen-bond donors (Lipinski definition) is 1. The molecule has 0 amide bonds. The second-order valence-corrected chi connectivity index (χ2v) is 7.81. The minimum Gasteiger partial charge on any atom is -0.457 e. The molecule has 0 spiro atoms. The number of hydrogen-bond acceptors (Lipinski definition) is 4. The summed E-state index contributed by atoms with van der Waals surface area (Å²) in [5.74, 6) is 2.49. The van der Waals surface area contributed by atoms with Gasteiger partial charge in [-0.05, 0) is 58.6 Å². The highest BCUT2D eigenvalue weighted by Crippen LogP contribution is 2.41. The minimum absolute atomic E-state index is 0.573. The summed E-state index contributed by atoms with van der Waals surface area (Å²) in [5.41, 5.74) is 2.10. The van der Waals surface area contributed by atoms with Crippen molar-refractivity contribution < 1.29 is 4.74 Å². The van der Waals surface area contributed by atoms with Crippen molar-refractivity contribution in [2.75, 3.05) is 5.32 Å². The summed E-state index contributed by atoms with van der Waals surface area (Å²) in [6.45, 7) is 0.652. The van der Waals surface area contributed by atoms with Gasteiger partial charge >= 0.3 is 0 Å². The van der Waals surface area contributed by atoms with E-state index in [1.165, 1.54) is 12.8 Å². The van der Waals surface area contributed by atoms with E-state index in [0.717, 1.165) is 38.4 Å². The van der Waals surface area contributed by atoms with Crippen LogP contribution in [0.2, 0.25) is 0 Å². The fourth-order valence-electron chi connectivity index (χ4n) is 3.33. The largest absolute Gasteiger partial charge is 0.457 e. The van der Waals surface area contributed by atoms with E-state index in [4.69, 9.17) is 4.74 Å². The van der Waals surface area contributed by atoms with Crippen LogP contribution in [0.1, 0.15) is 24.4 Å². The van der Waals surface area contributed by atoms with Crippen molar-refractivity contribution in [2.24, 2.45) is 0 Å². The van der Waals surface area contributed by atoms with Gasteiger partial charge in [0.25, 0.3) is 0 Å². The highest BCUT2D eigenvalue weighted by molar-refractivity contribution is 9.10. The maximum atomic E-state index is 5.93. The summed E-state index contributed by atoms with van der Waals surface area (Å²) >= 11 is 3.68. The molecule has 0 saturated heterocycles. The Hall–Kier alpha value is -2.86. The third kappa shape index (κ3) is 3.47. The molecule has 0 bridgehead atoms. The SMILES string of the molecule is Brc1cn(C2CC2)c2ncnc(NCc3cccc(Oc4ccccc4)c3)c12. The number of nitrogens with one attached hydrogen (secondary N) is 1. The number of nitrogens with zero attached hydrogens (tertiary/aromatic N) is 3. The molecule has 6 heteroatoms. The normalized spacial score (nSPS) is 13.6. The second-order valence-electron chi connectivity index (χ2n) is 6.95. The van der Waals surface area contributed by atoms with Crippen LogP contribution in [-0.2, 0) is 6.54 Å². The summed E-state index contributed by atoms with van der Waals surface area (Å²) in [6.07, 6.45) is 6.19. The van der Waals surface area contributed by atoms with Gasteiger partial charge in [0.15, 0.2) is 0 Å². The Kier molecular flexibility index (Phi) is 4.49. The number of anilines is 1. The summed E-state index contributed by atoms with van der Waals surface area (Å²) in [6, 6.07) is 18.5. The third-order valence-corrected chi connectivity index (χ3v) is 5.44. The van der Waals surface area contributed by atoms with E-state index < -0.39 is 0 Å². The zero-order valence-corrected chi connectivity index (χ0v) is 16.8. The van der Waals surface area contributed by atoms with Crippen molar-refractivity contribution >= 4 is 32.8 Å². The van der Waals surface area contributed by atoms with Gasteiger partial charge in [0, 0.05) is 23.3 Å². The van der Waals surface area contributed by atoms with Crippen molar-refractivity contribution in [3.63, 3.8) is 0 Å². The van der Waals surface area contributed by atoms with E-state index in [0.29, 0.717) is 12.6 Å². The number of ether oxygens (including phenoxy) is 1. The van der Waals surface area contributed by atoms with Gasteiger partial charge in [-0.15, -0.1) is 0 Å². The van der Waals surface area contributed by atoms with Crippen LogP contribution >= 0.6 is 15.9 Å². The van der Waals surface area contributed by atoms with Crippen molar-refractivity contribution in [3.05, 3.63) is 77.2 Å². The Labute approximate surface area is 171 Å². The molecule has 2 heterocycles. The van der Waals surface area contributed by atoms with Gasteiger partial charge in [-0.3, -0.25) is 0 Å². The van der Waals surface area contributed by atoms with Crippen LogP contribution in [0.25, 0.3) is 11.0 Å². The molecule has 0 atom stereocenters. The van der Waals surface area contributed by atoms with E-state index in [1.807, 2.05) is 48.5 Å². The zero-order valence-electron chi connectivity index (χ0n) is 15.2. The van der Waals surface area contributed by atoms with Crippen molar-refractivity contribution in [3.8, 4) is 11.5 Å². The molecule has 1 saturated carbocycles. The van der Waals surface area contributed by atoms with Gasteiger partial charge in [0.2, 0.25) is 0 Å². The van der Waals surface area contributed by atoms with E-state index in [1.54, 1.807) is 6.33 Å². The fraction of sp³-hybridized carbons (Fsp3) is 0.182. The van der Waals surface area contributed by atoms with Crippen LogP contribution in [-0.4, -0.2) is 14.5 Å². The Balaban J connectivity index is 1.36. The average molecular weight is 435 g/mol. The number of aromatic nitrogens is 3. The zero-order chi connectivity index (χ0) is 18.9. The van der Waals surface area contributed by atoms with Gasteiger partial charge in [-0.2, -0.15) is 0 Å². The predicted molar refractivity (Wildman–Crippen MR) is 114 cm³/mol. The second kappa shape index (κ2) is 7.28. The quantitative estimate of drug-likeness (QED) is 0.408. The Morgan fingerprint density at radius 1 is 1.04 bits per heavy atom. The molecule has 2 aromatic carbocycles. The summed E-state index contributed by atoms with van der Waals surface area (Å²) in [4.78, 5) is 8.97. The van der Waals surface area contributed by atoms with Gasteiger partial charge in [-0.1, -0.05) is 30.3 Å². The van der Waals surface area contributed by atoms with Crippen LogP contribution in [0.4, 0.5) is 5.82 Å². The first kappa shape index (κ1) is 17.3. The summed E-state index contributed by atoms with van der Waals surface area (Å²) < 4.78 is 9.21. The molecule has 2 aromatic heterocycles. The molecule has 1 N–H and O–H groups in total. The van der Waals surface area contributed by atoms with Crippen molar-refractivity contribution in [1.29, 1.82) is 0 Å². The molecular formula is C22H19BrN4O. The van der Waals surface area contributed by atoms with E-state index >= 15 is 0 Å². The first-order valence-electron chi connectivity index (χ1n) is 9.35. The predicted octanol–water partition coefficient (Wildman–Crippen LogP) is 5.93. The smallest absolute Gasteiger partial charge is 0.146 e. The first-order valence-corrected chi connectivity index (χ1v) is 10.1. The van der Waals surface area contributed by atoms with Crippen LogP contribution in [0.3, 0.4) is 0 Å². The van der Waals surface area contributed by atoms with Crippen LogP contribution in [0, 0.1) is 0 Å². The van der Waals surface area contributed by atoms with Crippen LogP contribution < -0.4 is 10.1 Å². The lowest BCUT2D eigenvalue weighted by molar-refractivity contribution is 0.482. The van der Waals surface area contributed by atoms with Crippen LogP contribution in [0.15, 0.2) is 71.6 Å². The Morgan fingerprint density at radius 2 is 1.86 bits per heavy atom. The van der Waals surface area contributed by atoms with Gasteiger partial charge in [0.05, 0.1) is 5.39 Å². The molecule has 1 aliphatic rings. The maximum Gasteiger partial charge on any atom is 0.146 e. The number of benzene rings is 2. The highest BCUT2D eigenvalue weighted by atomic mass is 79.9. The average Bonchev–Trinajstić information content (AvgIpc) is 3.51. The summed E-state index contributed by atoms with van der Waals surface area (Å²) in [7, 11) is 0. The van der Waals surface area contributed by atoms with Gasteiger partial charge < -0.3 is 14.6 Å². The van der Waals surface area contributed by atoms with E-state index in [9.17, 15) is 0 Å².